The van der Waals surface area contributed by atoms with Crippen molar-refractivity contribution < 1.29 is 4.74 Å². The first-order valence-electron chi connectivity index (χ1n) is 7.54. The van der Waals surface area contributed by atoms with Gasteiger partial charge in [0.15, 0.2) is 0 Å². The Balaban J connectivity index is 2.24. The number of methoxy groups -OCH3 is 1. The van der Waals surface area contributed by atoms with Gasteiger partial charge in [0, 0.05) is 18.8 Å². The molecule has 0 radical (unpaired) electrons. The van der Waals surface area contributed by atoms with Crippen LogP contribution in [0.15, 0.2) is 36.7 Å². The summed E-state index contributed by atoms with van der Waals surface area (Å²) in [4.78, 5) is 4.48. The lowest BCUT2D eigenvalue weighted by atomic mass is 10.00. The van der Waals surface area contributed by atoms with Crippen molar-refractivity contribution in [2.75, 3.05) is 14.2 Å². The number of nitrogens with one attached hydrogen (secondary N) is 1. The van der Waals surface area contributed by atoms with Crippen LogP contribution in [0.1, 0.15) is 43.7 Å². The highest BCUT2D eigenvalue weighted by Crippen LogP contribution is 2.28. The van der Waals surface area contributed by atoms with Gasteiger partial charge in [-0.05, 0) is 38.1 Å². The molecule has 1 aromatic heterocycles. The van der Waals surface area contributed by atoms with Crippen molar-refractivity contribution in [2.24, 2.45) is 0 Å². The quantitative estimate of drug-likeness (QED) is 0.848. The Morgan fingerprint density at radius 1 is 1.29 bits per heavy atom. The molecule has 4 heteroatoms. The second-order valence-corrected chi connectivity index (χ2v) is 5.28. The molecule has 0 fully saturated rings. The minimum atomic E-state index is 0.237. The molecular formula is C17H25N3O. The number of likely N-dealkylation sites (N-methyl/N-ethyl adjacent to an activating group) is 1. The molecule has 0 saturated carbocycles. The zero-order valence-corrected chi connectivity index (χ0v) is 13.3. The summed E-state index contributed by atoms with van der Waals surface area (Å²) in [5, 5.41) is 3.42. The van der Waals surface area contributed by atoms with Crippen LogP contribution in [0.3, 0.4) is 0 Å². The van der Waals surface area contributed by atoms with E-state index in [1.807, 2.05) is 25.4 Å². The number of ether oxygens (including phenoxy) is 1. The average molecular weight is 287 g/mol. The molecule has 0 bridgehead atoms. The number of nitrogens with zero attached hydrogens (tertiary/aromatic N) is 2. The third-order valence-corrected chi connectivity index (χ3v) is 3.93. The summed E-state index contributed by atoms with van der Waals surface area (Å²) in [6.07, 6.45) is 6.08. The molecule has 114 valence electrons. The van der Waals surface area contributed by atoms with Gasteiger partial charge in [-0.1, -0.05) is 19.1 Å². The van der Waals surface area contributed by atoms with Crippen LogP contribution in [0.4, 0.5) is 0 Å². The SMILES string of the molecule is CCCc1nccn1C(C)C(NC)c1ccc(OC)cc1. The van der Waals surface area contributed by atoms with Gasteiger partial charge in [0.25, 0.3) is 0 Å². The van der Waals surface area contributed by atoms with Crippen molar-refractivity contribution >= 4 is 0 Å². The summed E-state index contributed by atoms with van der Waals surface area (Å²) >= 11 is 0. The zero-order chi connectivity index (χ0) is 15.2. The molecule has 2 atom stereocenters. The van der Waals surface area contributed by atoms with E-state index in [-0.39, 0.29) is 6.04 Å². The van der Waals surface area contributed by atoms with Crippen molar-refractivity contribution in [1.29, 1.82) is 0 Å². The van der Waals surface area contributed by atoms with Crippen molar-refractivity contribution in [1.82, 2.24) is 14.9 Å². The van der Waals surface area contributed by atoms with Crippen LogP contribution in [-0.4, -0.2) is 23.7 Å². The normalized spacial score (nSPS) is 13.9. The zero-order valence-electron chi connectivity index (χ0n) is 13.3. The van der Waals surface area contributed by atoms with Crippen LogP contribution in [0.5, 0.6) is 5.75 Å². The maximum atomic E-state index is 5.23. The number of benzene rings is 1. The first kappa shape index (κ1) is 15.6. The van der Waals surface area contributed by atoms with Gasteiger partial charge in [-0.2, -0.15) is 0 Å². The van der Waals surface area contributed by atoms with E-state index in [2.05, 4.69) is 47.0 Å². The minimum Gasteiger partial charge on any atom is -0.497 e. The number of aromatic nitrogens is 2. The smallest absolute Gasteiger partial charge is 0.118 e. The predicted octanol–water partition coefficient (Wildman–Crippen LogP) is 3.37. The standard InChI is InChI=1S/C17H25N3O/c1-5-6-16-19-11-12-20(16)13(2)17(18-3)14-7-9-15(21-4)10-8-14/h7-13,17-18H,5-6H2,1-4H3. The third-order valence-electron chi connectivity index (χ3n) is 3.93. The van der Waals surface area contributed by atoms with Gasteiger partial charge in [-0.15, -0.1) is 0 Å². The molecule has 2 rings (SSSR count). The van der Waals surface area contributed by atoms with Crippen LogP contribution < -0.4 is 10.1 Å². The molecule has 1 N–H and O–H groups in total. The van der Waals surface area contributed by atoms with E-state index < -0.39 is 0 Å². The second-order valence-electron chi connectivity index (χ2n) is 5.28. The highest BCUT2D eigenvalue weighted by Gasteiger charge is 2.20. The summed E-state index contributed by atoms with van der Waals surface area (Å²) < 4.78 is 7.50. The first-order chi connectivity index (χ1) is 10.2. The van der Waals surface area contributed by atoms with Crippen molar-refractivity contribution in [3.8, 4) is 5.75 Å². The number of rotatable bonds is 7. The molecule has 2 unspecified atom stereocenters. The Labute approximate surface area is 127 Å². The maximum absolute atomic E-state index is 5.23. The molecule has 1 aromatic carbocycles. The van der Waals surface area contributed by atoms with Crippen LogP contribution in [0, 0.1) is 0 Å². The molecule has 4 nitrogen and oxygen atoms in total. The molecule has 0 aliphatic carbocycles. The molecule has 1 heterocycles. The van der Waals surface area contributed by atoms with Crippen molar-refractivity contribution in [2.45, 2.75) is 38.8 Å². The van der Waals surface area contributed by atoms with Gasteiger partial charge in [0.1, 0.15) is 11.6 Å². The summed E-state index contributed by atoms with van der Waals surface area (Å²) in [7, 11) is 3.69. The van der Waals surface area contributed by atoms with Crippen molar-refractivity contribution in [3.05, 3.63) is 48.0 Å². The molecule has 2 aromatic rings. The molecule has 0 aliphatic heterocycles. The summed E-state index contributed by atoms with van der Waals surface area (Å²) in [5.41, 5.74) is 1.25. The monoisotopic (exact) mass is 287 g/mol. The van der Waals surface area contributed by atoms with Crippen LogP contribution in [0.25, 0.3) is 0 Å². The number of hydrogen-bond donors (Lipinski definition) is 1. The van der Waals surface area contributed by atoms with Crippen LogP contribution >= 0.6 is 0 Å². The Bertz CT molecular complexity index is 547. The average Bonchev–Trinajstić information content (AvgIpc) is 2.97. The number of aryl methyl sites for hydroxylation is 1. The fraction of sp³-hybridized carbons (Fsp3) is 0.471. The van der Waals surface area contributed by atoms with Gasteiger partial charge >= 0.3 is 0 Å². The third kappa shape index (κ3) is 3.45. The van der Waals surface area contributed by atoms with E-state index in [1.165, 1.54) is 5.56 Å². The fourth-order valence-electron chi connectivity index (χ4n) is 2.79. The van der Waals surface area contributed by atoms with E-state index in [0.29, 0.717) is 6.04 Å². The molecule has 0 saturated heterocycles. The Hall–Kier alpha value is -1.81. The Kier molecular flexibility index (Phi) is 5.39. The van der Waals surface area contributed by atoms with E-state index >= 15 is 0 Å². The number of hydrogen-bond acceptors (Lipinski definition) is 3. The van der Waals surface area contributed by atoms with Crippen molar-refractivity contribution in [3.63, 3.8) is 0 Å². The largest absolute Gasteiger partial charge is 0.497 e. The highest BCUT2D eigenvalue weighted by atomic mass is 16.5. The van der Waals surface area contributed by atoms with E-state index in [0.717, 1.165) is 24.4 Å². The highest BCUT2D eigenvalue weighted by molar-refractivity contribution is 5.29. The van der Waals surface area contributed by atoms with Gasteiger partial charge in [0.2, 0.25) is 0 Å². The second kappa shape index (κ2) is 7.27. The van der Waals surface area contributed by atoms with Crippen LogP contribution in [0.2, 0.25) is 0 Å². The van der Waals surface area contributed by atoms with Crippen LogP contribution in [-0.2, 0) is 6.42 Å². The lowest BCUT2D eigenvalue weighted by Crippen LogP contribution is -2.26. The lowest BCUT2D eigenvalue weighted by molar-refractivity contribution is 0.389. The molecule has 21 heavy (non-hydrogen) atoms. The first-order valence-corrected chi connectivity index (χ1v) is 7.54. The fourth-order valence-corrected chi connectivity index (χ4v) is 2.79. The lowest BCUT2D eigenvalue weighted by Gasteiger charge is -2.27. The predicted molar refractivity (Wildman–Crippen MR) is 85.7 cm³/mol. The minimum absolute atomic E-state index is 0.237. The maximum Gasteiger partial charge on any atom is 0.118 e. The Morgan fingerprint density at radius 2 is 2.00 bits per heavy atom. The van der Waals surface area contributed by atoms with E-state index in [9.17, 15) is 0 Å². The summed E-state index contributed by atoms with van der Waals surface area (Å²) in [6.45, 7) is 4.41. The van der Waals surface area contributed by atoms with E-state index in [1.54, 1.807) is 7.11 Å². The molecule has 0 spiro atoms. The molecule has 0 aliphatic rings. The molecular weight excluding hydrogens is 262 g/mol. The Morgan fingerprint density at radius 3 is 2.57 bits per heavy atom. The summed E-state index contributed by atoms with van der Waals surface area (Å²) in [5.74, 6) is 2.04. The summed E-state index contributed by atoms with van der Waals surface area (Å²) in [6, 6.07) is 8.79. The van der Waals surface area contributed by atoms with Gasteiger partial charge in [0.05, 0.1) is 19.2 Å². The van der Waals surface area contributed by atoms with Gasteiger partial charge in [-0.25, -0.2) is 4.98 Å². The van der Waals surface area contributed by atoms with Gasteiger partial charge in [-0.3, -0.25) is 0 Å². The van der Waals surface area contributed by atoms with Gasteiger partial charge < -0.3 is 14.6 Å². The van der Waals surface area contributed by atoms with E-state index in [4.69, 9.17) is 4.74 Å². The topological polar surface area (TPSA) is 39.1 Å². The number of imidazole rings is 1. The molecule has 0 amide bonds.